The second-order valence-electron chi connectivity index (χ2n) is 6.36. The van der Waals surface area contributed by atoms with Gasteiger partial charge in [-0.3, -0.25) is 0 Å². The van der Waals surface area contributed by atoms with Crippen molar-refractivity contribution in [2.24, 2.45) is 0 Å². The van der Waals surface area contributed by atoms with Gasteiger partial charge in [-0.15, -0.1) is 0 Å². The van der Waals surface area contributed by atoms with E-state index in [-0.39, 0.29) is 0 Å². The van der Waals surface area contributed by atoms with Crippen molar-refractivity contribution < 1.29 is 15.0 Å². The summed E-state index contributed by atoms with van der Waals surface area (Å²) in [5.41, 5.74) is 1.48. The summed E-state index contributed by atoms with van der Waals surface area (Å²) >= 11 is 0. The minimum Gasteiger partial charge on any atom is -0.372 e. The Hall–Kier alpha value is -0.900. The summed E-state index contributed by atoms with van der Waals surface area (Å²) in [7, 11) is 0. The molecule has 1 aromatic rings. The van der Waals surface area contributed by atoms with Crippen LogP contribution in [0.15, 0.2) is 30.3 Å². The Bertz CT molecular complexity index is 381. The van der Waals surface area contributed by atoms with Crippen molar-refractivity contribution in [3.8, 4) is 0 Å². The molecular weight excluding hydrogens is 248 g/mol. The second-order valence-corrected chi connectivity index (χ2v) is 6.36. The second kappa shape index (κ2) is 7.21. The van der Waals surface area contributed by atoms with Crippen molar-refractivity contribution in [3.05, 3.63) is 35.9 Å². The van der Waals surface area contributed by atoms with Gasteiger partial charge in [-0.1, -0.05) is 30.3 Å². The van der Waals surface area contributed by atoms with E-state index in [1.54, 1.807) is 4.90 Å². The van der Waals surface area contributed by atoms with E-state index < -0.39 is 0 Å². The van der Waals surface area contributed by atoms with Gasteiger partial charge in [0.25, 0.3) is 0 Å². The predicted octanol–water partition coefficient (Wildman–Crippen LogP) is -0.0237. The van der Waals surface area contributed by atoms with Crippen molar-refractivity contribution in [2.75, 3.05) is 26.2 Å². The maximum Gasteiger partial charge on any atom is 0.106 e. The smallest absolute Gasteiger partial charge is 0.106 e. The lowest BCUT2D eigenvalue weighted by Crippen LogP contribution is -3.13. The summed E-state index contributed by atoms with van der Waals surface area (Å²) in [5.74, 6) is 0. The SMILES string of the molecule is c1ccc(C[NH+]2CCC([NH2+]C[C@@H]3CCCO3)CC2)cc1. The molecule has 1 atom stereocenters. The minimum atomic E-state index is 0.532. The molecule has 0 unspecified atom stereocenters. The number of hydrogen-bond acceptors (Lipinski definition) is 1. The number of rotatable bonds is 5. The molecule has 2 fully saturated rings. The fraction of sp³-hybridized carbons (Fsp3) is 0.647. The van der Waals surface area contributed by atoms with Gasteiger partial charge in [-0.25, -0.2) is 0 Å². The molecule has 3 rings (SSSR count). The van der Waals surface area contributed by atoms with E-state index in [2.05, 4.69) is 35.6 Å². The fourth-order valence-electron chi connectivity index (χ4n) is 3.52. The molecule has 0 bridgehead atoms. The molecule has 2 saturated heterocycles. The number of likely N-dealkylation sites (tertiary alicyclic amines) is 1. The van der Waals surface area contributed by atoms with Gasteiger partial charge in [-0.2, -0.15) is 0 Å². The highest BCUT2D eigenvalue weighted by molar-refractivity contribution is 5.13. The van der Waals surface area contributed by atoms with E-state index in [1.807, 2.05) is 0 Å². The Balaban J connectivity index is 1.36. The molecule has 0 amide bonds. The van der Waals surface area contributed by atoms with E-state index in [1.165, 1.54) is 57.4 Å². The number of benzene rings is 1. The number of piperidine rings is 1. The van der Waals surface area contributed by atoms with Crippen LogP contribution in [0.5, 0.6) is 0 Å². The van der Waals surface area contributed by atoms with Crippen LogP contribution < -0.4 is 10.2 Å². The Morgan fingerprint density at radius 2 is 1.90 bits per heavy atom. The third kappa shape index (κ3) is 4.05. The Morgan fingerprint density at radius 3 is 2.60 bits per heavy atom. The summed E-state index contributed by atoms with van der Waals surface area (Å²) in [4.78, 5) is 1.75. The van der Waals surface area contributed by atoms with Crippen LogP contribution in [-0.4, -0.2) is 38.4 Å². The molecule has 3 heteroatoms. The number of nitrogens with two attached hydrogens (primary N) is 1. The van der Waals surface area contributed by atoms with Gasteiger partial charge in [0.15, 0.2) is 0 Å². The largest absolute Gasteiger partial charge is 0.372 e. The molecule has 0 spiro atoms. The number of quaternary nitrogens is 2. The standard InChI is InChI=1S/C17H26N2O/c1-2-5-15(6-3-1)14-19-10-8-16(9-11-19)18-13-17-7-4-12-20-17/h1-3,5-6,16-18H,4,7-14H2/p+2/t17-/m0/s1. The lowest BCUT2D eigenvalue weighted by atomic mass is 10.0. The van der Waals surface area contributed by atoms with Gasteiger partial charge >= 0.3 is 0 Å². The van der Waals surface area contributed by atoms with Crippen LogP contribution in [0.3, 0.4) is 0 Å². The molecule has 0 radical (unpaired) electrons. The number of ether oxygens (including phenoxy) is 1. The summed E-state index contributed by atoms with van der Waals surface area (Å²) in [6.07, 6.45) is 5.78. The van der Waals surface area contributed by atoms with E-state index in [9.17, 15) is 0 Å². The molecule has 2 heterocycles. The van der Waals surface area contributed by atoms with Gasteiger partial charge < -0.3 is 15.0 Å². The summed E-state index contributed by atoms with van der Waals surface area (Å²) in [6.45, 7) is 6.00. The quantitative estimate of drug-likeness (QED) is 0.778. The normalized spacial score (nSPS) is 30.5. The highest BCUT2D eigenvalue weighted by Crippen LogP contribution is 2.09. The maximum absolute atomic E-state index is 5.71. The van der Waals surface area contributed by atoms with E-state index >= 15 is 0 Å². The molecular formula is C17H28N2O+2. The summed E-state index contributed by atoms with van der Waals surface area (Å²) < 4.78 is 5.71. The van der Waals surface area contributed by atoms with Crippen molar-refractivity contribution in [3.63, 3.8) is 0 Å². The summed E-state index contributed by atoms with van der Waals surface area (Å²) in [6, 6.07) is 11.7. The van der Waals surface area contributed by atoms with Crippen LogP contribution in [-0.2, 0) is 11.3 Å². The lowest BCUT2D eigenvalue weighted by Gasteiger charge is -2.28. The molecule has 20 heavy (non-hydrogen) atoms. The first-order valence-corrected chi connectivity index (χ1v) is 8.22. The molecule has 110 valence electrons. The average molecular weight is 276 g/mol. The Kier molecular flexibility index (Phi) is 5.06. The minimum absolute atomic E-state index is 0.532. The van der Waals surface area contributed by atoms with Crippen molar-refractivity contribution in [1.82, 2.24) is 0 Å². The van der Waals surface area contributed by atoms with Gasteiger partial charge in [0.2, 0.25) is 0 Å². The van der Waals surface area contributed by atoms with Gasteiger partial charge in [0.05, 0.1) is 19.1 Å². The molecule has 0 saturated carbocycles. The molecule has 2 aliphatic heterocycles. The first-order valence-electron chi connectivity index (χ1n) is 8.22. The first-order chi connectivity index (χ1) is 9.90. The molecule has 3 nitrogen and oxygen atoms in total. The van der Waals surface area contributed by atoms with E-state index in [4.69, 9.17) is 4.74 Å². The molecule has 0 aromatic heterocycles. The van der Waals surface area contributed by atoms with Crippen LogP contribution in [0.1, 0.15) is 31.2 Å². The van der Waals surface area contributed by atoms with Gasteiger partial charge in [0, 0.05) is 25.0 Å². The molecule has 3 N–H and O–H groups in total. The highest BCUT2D eigenvalue weighted by Gasteiger charge is 2.26. The third-order valence-electron chi connectivity index (χ3n) is 4.79. The number of hydrogen-bond donors (Lipinski definition) is 2. The lowest BCUT2D eigenvalue weighted by molar-refractivity contribution is -0.926. The van der Waals surface area contributed by atoms with Crippen LogP contribution >= 0.6 is 0 Å². The zero-order chi connectivity index (χ0) is 13.6. The van der Waals surface area contributed by atoms with Crippen LogP contribution in [0.25, 0.3) is 0 Å². The van der Waals surface area contributed by atoms with E-state index in [0.717, 1.165) is 12.6 Å². The van der Waals surface area contributed by atoms with Crippen LogP contribution in [0.2, 0.25) is 0 Å². The van der Waals surface area contributed by atoms with E-state index in [0.29, 0.717) is 6.10 Å². The molecule has 2 aliphatic rings. The maximum atomic E-state index is 5.71. The molecule has 1 aromatic carbocycles. The van der Waals surface area contributed by atoms with Gasteiger partial charge in [0.1, 0.15) is 19.2 Å². The van der Waals surface area contributed by atoms with Gasteiger partial charge in [-0.05, 0) is 12.8 Å². The van der Waals surface area contributed by atoms with Crippen molar-refractivity contribution in [1.29, 1.82) is 0 Å². The Morgan fingerprint density at radius 1 is 1.10 bits per heavy atom. The van der Waals surface area contributed by atoms with Crippen molar-refractivity contribution >= 4 is 0 Å². The topological polar surface area (TPSA) is 30.3 Å². The summed E-state index contributed by atoms with van der Waals surface area (Å²) in [5, 5.41) is 2.55. The van der Waals surface area contributed by atoms with Crippen LogP contribution in [0, 0.1) is 0 Å². The monoisotopic (exact) mass is 276 g/mol. The zero-order valence-corrected chi connectivity index (χ0v) is 12.4. The average Bonchev–Trinajstić information content (AvgIpc) is 3.01. The van der Waals surface area contributed by atoms with Crippen molar-refractivity contribution in [2.45, 2.75) is 44.4 Å². The predicted molar refractivity (Wildman–Crippen MR) is 79.6 cm³/mol. The number of nitrogens with one attached hydrogen (secondary N) is 1. The Labute approximate surface area is 122 Å². The fourth-order valence-corrected chi connectivity index (χ4v) is 3.52. The highest BCUT2D eigenvalue weighted by atomic mass is 16.5. The first kappa shape index (κ1) is 14.1. The molecule has 0 aliphatic carbocycles. The third-order valence-corrected chi connectivity index (χ3v) is 4.79. The zero-order valence-electron chi connectivity index (χ0n) is 12.4. The van der Waals surface area contributed by atoms with Crippen LogP contribution in [0.4, 0.5) is 0 Å².